The highest BCUT2D eigenvalue weighted by Crippen LogP contribution is 2.27. The van der Waals surface area contributed by atoms with Gasteiger partial charge in [-0.1, -0.05) is 6.07 Å². The average molecular weight is 372 g/mol. The standard InChI is InChI=1S/C17H17FN6O3/c1-8-9(2)22-17(21-8)24-7-20-13(14(24)15(19)25)16(26)23-12-10(18)5-4-6-11(12)27-3/h4-7H,1-3H3,(H2,19,25)(H,21,22)(H,23,26). The second kappa shape index (κ2) is 6.90. The molecule has 0 bridgehead atoms. The lowest BCUT2D eigenvalue weighted by Gasteiger charge is -2.10. The Morgan fingerprint density at radius 3 is 2.67 bits per heavy atom. The average Bonchev–Trinajstić information content (AvgIpc) is 3.20. The van der Waals surface area contributed by atoms with Crippen LogP contribution in [0.2, 0.25) is 0 Å². The van der Waals surface area contributed by atoms with Crippen molar-refractivity contribution in [1.82, 2.24) is 19.5 Å². The largest absolute Gasteiger partial charge is 0.494 e. The molecule has 0 atom stereocenters. The van der Waals surface area contributed by atoms with E-state index in [9.17, 15) is 14.0 Å². The van der Waals surface area contributed by atoms with Gasteiger partial charge in [-0.2, -0.15) is 0 Å². The lowest BCUT2D eigenvalue weighted by Crippen LogP contribution is -2.23. The molecule has 0 saturated heterocycles. The number of anilines is 1. The number of hydrogen-bond acceptors (Lipinski definition) is 5. The maximum atomic E-state index is 14.1. The minimum atomic E-state index is -0.884. The molecular weight excluding hydrogens is 355 g/mol. The Morgan fingerprint density at radius 1 is 1.33 bits per heavy atom. The number of imidazole rings is 2. The van der Waals surface area contributed by atoms with Gasteiger partial charge in [0.25, 0.3) is 11.8 Å². The number of benzene rings is 1. The van der Waals surface area contributed by atoms with Crippen LogP contribution in [0.4, 0.5) is 10.1 Å². The zero-order chi connectivity index (χ0) is 19.7. The summed E-state index contributed by atoms with van der Waals surface area (Å²) in [5.74, 6) is -1.98. The number of halogens is 1. The summed E-state index contributed by atoms with van der Waals surface area (Å²) in [5.41, 5.74) is 6.33. The molecule has 0 fully saturated rings. The predicted molar refractivity (Wildman–Crippen MR) is 94.6 cm³/mol. The summed E-state index contributed by atoms with van der Waals surface area (Å²) in [6.07, 6.45) is 1.24. The fourth-order valence-electron chi connectivity index (χ4n) is 2.52. The molecule has 2 amide bonds. The van der Waals surface area contributed by atoms with Crippen molar-refractivity contribution in [1.29, 1.82) is 0 Å². The van der Waals surface area contributed by atoms with Gasteiger partial charge in [0.2, 0.25) is 5.95 Å². The van der Waals surface area contributed by atoms with Crippen LogP contribution in [-0.2, 0) is 0 Å². The Morgan fingerprint density at radius 2 is 2.07 bits per heavy atom. The van der Waals surface area contributed by atoms with Crippen LogP contribution in [0.5, 0.6) is 5.75 Å². The Kier molecular flexibility index (Phi) is 4.63. The number of primary amides is 1. The van der Waals surface area contributed by atoms with Crippen LogP contribution in [0.1, 0.15) is 32.4 Å². The molecule has 0 radical (unpaired) electrons. The normalized spacial score (nSPS) is 10.7. The number of nitrogens with one attached hydrogen (secondary N) is 2. The summed E-state index contributed by atoms with van der Waals surface area (Å²) in [4.78, 5) is 35.8. The Labute approximate surface area is 153 Å². The number of ether oxygens (including phenoxy) is 1. The zero-order valence-electron chi connectivity index (χ0n) is 14.8. The molecule has 0 aliphatic rings. The molecular formula is C17H17FN6O3. The second-order valence-corrected chi connectivity index (χ2v) is 5.72. The third kappa shape index (κ3) is 3.24. The van der Waals surface area contributed by atoms with Gasteiger partial charge in [0.15, 0.2) is 11.5 Å². The summed E-state index contributed by atoms with van der Waals surface area (Å²) in [6, 6.07) is 4.09. The predicted octanol–water partition coefficient (Wildman–Crippen LogP) is 1.71. The lowest BCUT2D eigenvalue weighted by atomic mass is 10.2. The Hall–Kier alpha value is -3.69. The number of para-hydroxylation sites is 1. The number of amides is 2. The van der Waals surface area contributed by atoms with E-state index in [2.05, 4.69) is 20.3 Å². The van der Waals surface area contributed by atoms with Crippen molar-refractivity contribution < 1.29 is 18.7 Å². The molecule has 0 saturated carbocycles. The number of rotatable bonds is 5. The first-order valence-electron chi connectivity index (χ1n) is 7.88. The molecule has 0 aliphatic heterocycles. The molecule has 0 spiro atoms. The highest BCUT2D eigenvalue weighted by molar-refractivity contribution is 6.10. The van der Waals surface area contributed by atoms with Crippen LogP contribution in [-0.4, -0.2) is 38.4 Å². The van der Waals surface area contributed by atoms with E-state index >= 15 is 0 Å². The number of carbonyl (C=O) groups excluding carboxylic acids is 2. The van der Waals surface area contributed by atoms with Crippen molar-refractivity contribution in [3.63, 3.8) is 0 Å². The van der Waals surface area contributed by atoms with Gasteiger partial charge < -0.3 is 20.8 Å². The fourth-order valence-corrected chi connectivity index (χ4v) is 2.52. The molecule has 1 aromatic carbocycles. The van der Waals surface area contributed by atoms with Gasteiger partial charge in [0, 0.05) is 5.69 Å². The summed E-state index contributed by atoms with van der Waals surface area (Å²) in [5, 5.41) is 2.37. The second-order valence-electron chi connectivity index (χ2n) is 5.72. The van der Waals surface area contributed by atoms with Gasteiger partial charge in [-0.05, 0) is 26.0 Å². The smallest absolute Gasteiger partial charge is 0.276 e. The van der Waals surface area contributed by atoms with Crippen molar-refractivity contribution in [3.8, 4) is 11.7 Å². The van der Waals surface area contributed by atoms with E-state index in [1.807, 2.05) is 6.92 Å². The molecule has 10 heteroatoms. The summed E-state index contributed by atoms with van der Waals surface area (Å²) < 4.78 is 20.4. The van der Waals surface area contributed by atoms with Crippen LogP contribution >= 0.6 is 0 Å². The van der Waals surface area contributed by atoms with Crippen LogP contribution in [0.15, 0.2) is 24.5 Å². The van der Waals surface area contributed by atoms with E-state index in [1.165, 1.54) is 36.2 Å². The molecule has 2 aromatic heterocycles. The monoisotopic (exact) mass is 372 g/mol. The van der Waals surface area contributed by atoms with Crippen LogP contribution in [0.25, 0.3) is 5.95 Å². The molecule has 140 valence electrons. The van der Waals surface area contributed by atoms with E-state index < -0.39 is 17.6 Å². The first kappa shape index (κ1) is 18.1. The van der Waals surface area contributed by atoms with Crippen molar-refractivity contribution in [2.45, 2.75) is 13.8 Å². The molecule has 9 nitrogen and oxygen atoms in total. The quantitative estimate of drug-likeness (QED) is 0.628. The Balaban J connectivity index is 2.03. The highest BCUT2D eigenvalue weighted by Gasteiger charge is 2.25. The number of H-pyrrole nitrogens is 1. The van der Waals surface area contributed by atoms with E-state index in [-0.39, 0.29) is 28.8 Å². The lowest BCUT2D eigenvalue weighted by molar-refractivity contribution is 0.0970. The van der Waals surface area contributed by atoms with Gasteiger partial charge in [-0.3, -0.25) is 14.2 Å². The summed E-state index contributed by atoms with van der Waals surface area (Å²) >= 11 is 0. The molecule has 3 aromatic rings. The number of nitrogens with two attached hydrogens (primary N) is 1. The Bertz CT molecular complexity index is 1020. The number of nitrogens with zero attached hydrogens (tertiary/aromatic N) is 3. The zero-order valence-corrected chi connectivity index (χ0v) is 14.8. The SMILES string of the molecule is COc1cccc(F)c1NC(=O)c1ncn(-c2nc(C)c(C)[nH]2)c1C(N)=O. The molecule has 2 heterocycles. The van der Waals surface area contributed by atoms with Gasteiger partial charge in [-0.15, -0.1) is 0 Å². The fraction of sp³-hybridized carbons (Fsp3) is 0.176. The number of hydrogen-bond donors (Lipinski definition) is 3. The van der Waals surface area contributed by atoms with Gasteiger partial charge in [-0.25, -0.2) is 14.4 Å². The first-order chi connectivity index (χ1) is 12.8. The number of aromatic nitrogens is 4. The van der Waals surface area contributed by atoms with Crippen molar-refractivity contribution in [2.75, 3.05) is 12.4 Å². The van der Waals surface area contributed by atoms with Crippen LogP contribution in [0, 0.1) is 19.7 Å². The first-order valence-corrected chi connectivity index (χ1v) is 7.88. The molecule has 3 rings (SSSR count). The molecule has 4 N–H and O–H groups in total. The van der Waals surface area contributed by atoms with Crippen LogP contribution < -0.4 is 15.8 Å². The van der Waals surface area contributed by atoms with Crippen LogP contribution in [0.3, 0.4) is 0 Å². The minimum Gasteiger partial charge on any atom is -0.494 e. The minimum absolute atomic E-state index is 0.126. The van der Waals surface area contributed by atoms with E-state index in [0.717, 1.165) is 11.4 Å². The van der Waals surface area contributed by atoms with E-state index in [0.29, 0.717) is 0 Å². The highest BCUT2D eigenvalue weighted by atomic mass is 19.1. The molecule has 0 aliphatic carbocycles. The van der Waals surface area contributed by atoms with Gasteiger partial charge in [0.05, 0.1) is 12.8 Å². The maximum absolute atomic E-state index is 14.1. The summed E-state index contributed by atoms with van der Waals surface area (Å²) in [6.45, 7) is 3.60. The van der Waals surface area contributed by atoms with Crippen molar-refractivity contribution >= 4 is 17.5 Å². The molecule has 0 unspecified atom stereocenters. The maximum Gasteiger partial charge on any atom is 0.276 e. The third-order valence-electron chi connectivity index (χ3n) is 3.99. The van der Waals surface area contributed by atoms with E-state index in [4.69, 9.17) is 10.5 Å². The number of aryl methyl sites for hydroxylation is 2. The summed E-state index contributed by atoms with van der Waals surface area (Å²) in [7, 11) is 1.34. The van der Waals surface area contributed by atoms with Gasteiger partial charge >= 0.3 is 0 Å². The van der Waals surface area contributed by atoms with E-state index in [1.54, 1.807) is 6.92 Å². The third-order valence-corrected chi connectivity index (χ3v) is 3.99. The number of methoxy groups -OCH3 is 1. The van der Waals surface area contributed by atoms with Gasteiger partial charge in [0.1, 0.15) is 23.5 Å². The van der Waals surface area contributed by atoms with Crippen molar-refractivity contribution in [2.24, 2.45) is 5.73 Å². The molecule has 27 heavy (non-hydrogen) atoms. The number of aromatic amines is 1. The van der Waals surface area contributed by atoms with Crippen molar-refractivity contribution in [3.05, 3.63) is 53.1 Å². The topological polar surface area (TPSA) is 128 Å². The number of carbonyl (C=O) groups is 2.